The summed E-state index contributed by atoms with van der Waals surface area (Å²) in [5.41, 5.74) is 0.137. The van der Waals surface area contributed by atoms with E-state index in [-0.39, 0.29) is 6.04 Å². The standard InChI is InChI=1S/C12H13F3N4/c1-8(16-2)9-3-4-17-11(5-9)19-7-10(6-18-19)12(13,14)15/h3-8,16H,1-2H3. The highest BCUT2D eigenvalue weighted by atomic mass is 19.4. The van der Waals surface area contributed by atoms with Crippen LogP contribution in [0.15, 0.2) is 30.7 Å². The van der Waals surface area contributed by atoms with Crippen molar-refractivity contribution in [2.24, 2.45) is 0 Å². The minimum absolute atomic E-state index is 0.0828. The molecule has 0 saturated heterocycles. The van der Waals surface area contributed by atoms with E-state index in [1.165, 1.54) is 0 Å². The van der Waals surface area contributed by atoms with Gasteiger partial charge in [0.05, 0.1) is 11.8 Å². The van der Waals surface area contributed by atoms with E-state index in [1.54, 1.807) is 25.4 Å². The number of pyridine rings is 1. The van der Waals surface area contributed by atoms with E-state index in [2.05, 4.69) is 15.4 Å². The quantitative estimate of drug-likeness (QED) is 0.932. The van der Waals surface area contributed by atoms with Crippen LogP contribution in [0.3, 0.4) is 0 Å². The van der Waals surface area contributed by atoms with Crippen molar-refractivity contribution in [3.63, 3.8) is 0 Å². The van der Waals surface area contributed by atoms with Gasteiger partial charge in [0.1, 0.15) is 0 Å². The zero-order valence-corrected chi connectivity index (χ0v) is 10.4. The van der Waals surface area contributed by atoms with Gasteiger partial charge in [0.15, 0.2) is 5.82 Å². The van der Waals surface area contributed by atoms with Crippen molar-refractivity contribution in [1.82, 2.24) is 20.1 Å². The maximum absolute atomic E-state index is 12.5. The zero-order chi connectivity index (χ0) is 14.0. The van der Waals surface area contributed by atoms with Crippen LogP contribution in [0.25, 0.3) is 5.82 Å². The van der Waals surface area contributed by atoms with Gasteiger partial charge in [-0.05, 0) is 31.7 Å². The highest BCUT2D eigenvalue weighted by Crippen LogP contribution is 2.29. The van der Waals surface area contributed by atoms with Crippen molar-refractivity contribution in [1.29, 1.82) is 0 Å². The third-order valence-electron chi connectivity index (χ3n) is 2.85. The van der Waals surface area contributed by atoms with Gasteiger partial charge < -0.3 is 5.32 Å². The molecule has 0 aliphatic heterocycles. The van der Waals surface area contributed by atoms with Crippen molar-refractivity contribution in [3.05, 3.63) is 41.9 Å². The molecule has 0 aliphatic rings. The predicted octanol–water partition coefficient (Wildman–Crippen LogP) is 2.57. The smallest absolute Gasteiger partial charge is 0.313 e. The van der Waals surface area contributed by atoms with Crippen LogP contribution in [0.2, 0.25) is 0 Å². The number of halogens is 3. The number of hydrogen-bond acceptors (Lipinski definition) is 3. The van der Waals surface area contributed by atoms with Gasteiger partial charge in [-0.2, -0.15) is 18.3 Å². The molecule has 0 saturated carbocycles. The molecular weight excluding hydrogens is 257 g/mol. The molecule has 2 aromatic rings. The number of rotatable bonds is 3. The van der Waals surface area contributed by atoms with Gasteiger partial charge in [0, 0.05) is 18.4 Å². The molecule has 19 heavy (non-hydrogen) atoms. The number of alkyl halides is 3. The topological polar surface area (TPSA) is 42.7 Å². The van der Waals surface area contributed by atoms with Crippen LogP contribution in [0.4, 0.5) is 13.2 Å². The monoisotopic (exact) mass is 270 g/mol. The molecule has 0 fully saturated rings. The number of nitrogens with zero attached hydrogens (tertiary/aromatic N) is 3. The van der Waals surface area contributed by atoms with Gasteiger partial charge in [-0.15, -0.1) is 0 Å². The Bertz CT molecular complexity index is 562. The molecule has 4 nitrogen and oxygen atoms in total. The lowest BCUT2D eigenvalue weighted by Gasteiger charge is -2.11. The largest absolute Gasteiger partial charge is 0.419 e. The number of aromatic nitrogens is 3. The third-order valence-corrected chi connectivity index (χ3v) is 2.85. The summed E-state index contributed by atoms with van der Waals surface area (Å²) in [6, 6.07) is 3.59. The maximum atomic E-state index is 12.5. The average molecular weight is 270 g/mol. The van der Waals surface area contributed by atoms with Crippen molar-refractivity contribution in [2.45, 2.75) is 19.1 Å². The first kappa shape index (κ1) is 13.5. The van der Waals surface area contributed by atoms with E-state index in [4.69, 9.17) is 0 Å². The van der Waals surface area contributed by atoms with E-state index in [9.17, 15) is 13.2 Å². The van der Waals surface area contributed by atoms with Crippen LogP contribution in [-0.4, -0.2) is 21.8 Å². The molecular formula is C12H13F3N4. The second-order valence-corrected chi connectivity index (χ2v) is 4.13. The van der Waals surface area contributed by atoms with E-state index in [0.717, 1.165) is 22.6 Å². The summed E-state index contributed by atoms with van der Waals surface area (Å²) < 4.78 is 38.6. The van der Waals surface area contributed by atoms with Gasteiger partial charge >= 0.3 is 6.18 Å². The van der Waals surface area contributed by atoms with Crippen LogP contribution < -0.4 is 5.32 Å². The molecule has 7 heteroatoms. The van der Waals surface area contributed by atoms with E-state index in [1.807, 2.05) is 6.92 Å². The fraction of sp³-hybridized carbons (Fsp3) is 0.333. The zero-order valence-electron chi connectivity index (χ0n) is 10.4. The minimum Gasteiger partial charge on any atom is -0.313 e. The first-order valence-corrected chi connectivity index (χ1v) is 5.67. The first-order chi connectivity index (χ1) is 8.91. The van der Waals surface area contributed by atoms with Crippen molar-refractivity contribution in [2.75, 3.05) is 7.05 Å². The fourth-order valence-electron chi connectivity index (χ4n) is 1.59. The summed E-state index contributed by atoms with van der Waals surface area (Å²) in [5.74, 6) is 0.357. The lowest BCUT2D eigenvalue weighted by atomic mass is 10.1. The average Bonchev–Trinajstić information content (AvgIpc) is 2.87. The molecule has 2 rings (SSSR count). The SMILES string of the molecule is CNC(C)c1ccnc(-n2cc(C(F)(F)F)cn2)c1. The van der Waals surface area contributed by atoms with Crippen LogP contribution >= 0.6 is 0 Å². The van der Waals surface area contributed by atoms with E-state index in [0.29, 0.717) is 5.82 Å². The second-order valence-electron chi connectivity index (χ2n) is 4.13. The Hall–Kier alpha value is -1.89. The summed E-state index contributed by atoms with van der Waals surface area (Å²) in [5, 5.41) is 6.74. The predicted molar refractivity (Wildman–Crippen MR) is 63.8 cm³/mol. The summed E-state index contributed by atoms with van der Waals surface area (Å²) in [4.78, 5) is 4.03. The number of nitrogens with one attached hydrogen (secondary N) is 1. The molecule has 0 radical (unpaired) electrons. The number of hydrogen-bond donors (Lipinski definition) is 1. The van der Waals surface area contributed by atoms with Gasteiger partial charge in [0.25, 0.3) is 0 Å². The van der Waals surface area contributed by atoms with Crippen molar-refractivity contribution < 1.29 is 13.2 Å². The molecule has 2 aromatic heterocycles. The Kier molecular flexibility index (Phi) is 3.57. The molecule has 102 valence electrons. The Balaban J connectivity index is 2.34. The molecule has 2 heterocycles. The molecule has 1 N–H and O–H groups in total. The summed E-state index contributed by atoms with van der Waals surface area (Å²) in [6.07, 6.45) is -1.13. The van der Waals surface area contributed by atoms with Crippen LogP contribution in [0, 0.1) is 0 Å². The Morgan fingerprint density at radius 2 is 2.11 bits per heavy atom. The maximum Gasteiger partial charge on any atom is 0.419 e. The lowest BCUT2D eigenvalue weighted by molar-refractivity contribution is -0.137. The van der Waals surface area contributed by atoms with E-state index >= 15 is 0 Å². The van der Waals surface area contributed by atoms with Crippen molar-refractivity contribution >= 4 is 0 Å². The highest BCUT2D eigenvalue weighted by molar-refractivity contribution is 5.30. The summed E-state index contributed by atoms with van der Waals surface area (Å²) in [6.45, 7) is 1.95. The molecule has 0 spiro atoms. The van der Waals surface area contributed by atoms with Gasteiger partial charge in [-0.3, -0.25) is 0 Å². The summed E-state index contributed by atoms with van der Waals surface area (Å²) >= 11 is 0. The van der Waals surface area contributed by atoms with Crippen LogP contribution in [0.1, 0.15) is 24.1 Å². The molecule has 1 atom stereocenters. The van der Waals surface area contributed by atoms with Crippen molar-refractivity contribution in [3.8, 4) is 5.82 Å². The third kappa shape index (κ3) is 2.93. The molecule has 0 bridgehead atoms. The van der Waals surface area contributed by atoms with Crippen LogP contribution in [0.5, 0.6) is 0 Å². The molecule has 1 unspecified atom stereocenters. The molecule has 0 aromatic carbocycles. The Morgan fingerprint density at radius 3 is 2.68 bits per heavy atom. The van der Waals surface area contributed by atoms with Crippen LogP contribution in [-0.2, 0) is 6.18 Å². The fourth-order valence-corrected chi connectivity index (χ4v) is 1.59. The molecule has 0 aliphatic carbocycles. The minimum atomic E-state index is -4.39. The first-order valence-electron chi connectivity index (χ1n) is 5.67. The normalized spacial score (nSPS) is 13.5. The lowest BCUT2D eigenvalue weighted by Crippen LogP contribution is -2.13. The van der Waals surface area contributed by atoms with E-state index < -0.39 is 11.7 Å². The Morgan fingerprint density at radius 1 is 1.37 bits per heavy atom. The summed E-state index contributed by atoms with van der Waals surface area (Å²) in [7, 11) is 1.81. The highest BCUT2D eigenvalue weighted by Gasteiger charge is 2.32. The molecule has 0 amide bonds. The van der Waals surface area contributed by atoms with Gasteiger partial charge in [0.2, 0.25) is 0 Å². The van der Waals surface area contributed by atoms with Gasteiger partial charge in [-0.25, -0.2) is 9.67 Å². The Labute approximate surface area is 108 Å². The van der Waals surface area contributed by atoms with Gasteiger partial charge in [-0.1, -0.05) is 0 Å². The second kappa shape index (κ2) is 5.00.